The summed E-state index contributed by atoms with van der Waals surface area (Å²) >= 11 is 0. The first-order valence-corrected chi connectivity index (χ1v) is 4.48. The molecule has 0 aliphatic carbocycles. The number of hydrogen-bond donors (Lipinski definition) is 1. The maximum atomic E-state index is 8.47. The molecule has 0 aliphatic rings. The van der Waals surface area contributed by atoms with Crippen molar-refractivity contribution in [2.24, 2.45) is 5.73 Å². The minimum atomic E-state index is -0.560. The lowest BCUT2D eigenvalue weighted by Crippen LogP contribution is -2.25. The number of benzene rings is 1. The van der Waals surface area contributed by atoms with E-state index in [1.807, 2.05) is 38.1 Å². The van der Waals surface area contributed by atoms with Crippen molar-refractivity contribution in [2.75, 3.05) is 6.61 Å². The monoisotopic (exact) mass is 190 g/mol. The lowest BCUT2D eigenvalue weighted by molar-refractivity contribution is 0.306. The van der Waals surface area contributed by atoms with E-state index in [-0.39, 0.29) is 6.61 Å². The SMILES string of the molecule is Cc1ccc(OCC(N)C#N)c(C)c1. The summed E-state index contributed by atoms with van der Waals surface area (Å²) in [7, 11) is 0. The first-order chi connectivity index (χ1) is 6.63. The molecule has 1 aromatic carbocycles. The summed E-state index contributed by atoms with van der Waals surface area (Å²) in [6, 6.07) is 7.26. The van der Waals surface area contributed by atoms with Gasteiger partial charge in [-0.15, -0.1) is 0 Å². The molecule has 0 heterocycles. The molecule has 1 aromatic rings. The highest BCUT2D eigenvalue weighted by Gasteiger charge is 2.03. The van der Waals surface area contributed by atoms with Gasteiger partial charge in [0, 0.05) is 0 Å². The number of rotatable bonds is 3. The molecule has 0 saturated heterocycles. The molecule has 0 amide bonds. The maximum absolute atomic E-state index is 8.47. The normalized spacial score (nSPS) is 11.9. The van der Waals surface area contributed by atoms with Gasteiger partial charge in [0.1, 0.15) is 18.4 Å². The number of aryl methyl sites for hydroxylation is 2. The molecule has 0 radical (unpaired) electrons. The minimum absolute atomic E-state index is 0.237. The lowest BCUT2D eigenvalue weighted by Gasteiger charge is -2.10. The van der Waals surface area contributed by atoms with Crippen molar-refractivity contribution in [2.45, 2.75) is 19.9 Å². The van der Waals surface area contributed by atoms with Crippen molar-refractivity contribution in [3.05, 3.63) is 29.3 Å². The topological polar surface area (TPSA) is 59.0 Å². The Hall–Kier alpha value is -1.53. The summed E-state index contributed by atoms with van der Waals surface area (Å²) in [5.41, 5.74) is 7.67. The second kappa shape index (κ2) is 4.64. The Morgan fingerprint density at radius 2 is 2.21 bits per heavy atom. The quantitative estimate of drug-likeness (QED) is 0.786. The van der Waals surface area contributed by atoms with E-state index in [1.165, 1.54) is 5.56 Å². The van der Waals surface area contributed by atoms with Crippen molar-refractivity contribution >= 4 is 0 Å². The predicted octanol–water partition coefficient (Wildman–Crippen LogP) is 1.53. The zero-order valence-electron chi connectivity index (χ0n) is 8.45. The summed E-state index contributed by atoms with van der Waals surface area (Å²) in [6.45, 7) is 4.23. The van der Waals surface area contributed by atoms with Crippen LogP contribution in [0.3, 0.4) is 0 Å². The van der Waals surface area contributed by atoms with E-state index in [0.717, 1.165) is 11.3 Å². The Bertz CT molecular complexity index is 355. The molecule has 0 aromatic heterocycles. The Labute approximate surface area is 84.1 Å². The first kappa shape index (κ1) is 10.6. The first-order valence-electron chi connectivity index (χ1n) is 4.48. The van der Waals surface area contributed by atoms with E-state index < -0.39 is 6.04 Å². The van der Waals surface area contributed by atoms with Crippen LogP contribution in [0.5, 0.6) is 5.75 Å². The van der Waals surface area contributed by atoms with Crippen LogP contribution in [0.2, 0.25) is 0 Å². The summed E-state index contributed by atoms with van der Waals surface area (Å²) in [5, 5.41) is 8.47. The molecular formula is C11H14N2O. The third-order valence-electron chi connectivity index (χ3n) is 1.91. The molecular weight excluding hydrogens is 176 g/mol. The zero-order chi connectivity index (χ0) is 10.6. The van der Waals surface area contributed by atoms with Crippen molar-refractivity contribution in [3.63, 3.8) is 0 Å². The molecule has 0 bridgehead atoms. The standard InChI is InChI=1S/C11H14N2O/c1-8-3-4-11(9(2)5-8)14-7-10(13)6-12/h3-5,10H,7,13H2,1-2H3. The number of nitrogens with two attached hydrogens (primary N) is 1. The molecule has 2 N–H and O–H groups in total. The van der Waals surface area contributed by atoms with Crippen LogP contribution in [0.1, 0.15) is 11.1 Å². The van der Waals surface area contributed by atoms with Crippen LogP contribution in [-0.4, -0.2) is 12.6 Å². The van der Waals surface area contributed by atoms with Crippen LogP contribution in [0, 0.1) is 25.2 Å². The molecule has 3 nitrogen and oxygen atoms in total. The smallest absolute Gasteiger partial charge is 0.127 e. The number of nitrogens with zero attached hydrogens (tertiary/aromatic N) is 1. The third kappa shape index (κ3) is 2.75. The van der Waals surface area contributed by atoms with Gasteiger partial charge in [-0.05, 0) is 25.5 Å². The Balaban J connectivity index is 2.64. The van der Waals surface area contributed by atoms with Crippen molar-refractivity contribution in [3.8, 4) is 11.8 Å². The molecule has 0 saturated carbocycles. The summed E-state index contributed by atoms with van der Waals surface area (Å²) in [5.74, 6) is 0.793. The van der Waals surface area contributed by atoms with E-state index >= 15 is 0 Å². The summed E-state index contributed by atoms with van der Waals surface area (Å²) in [4.78, 5) is 0. The van der Waals surface area contributed by atoms with Crippen LogP contribution in [0.15, 0.2) is 18.2 Å². The average Bonchev–Trinajstić information content (AvgIpc) is 2.16. The molecule has 0 spiro atoms. The molecule has 1 rings (SSSR count). The largest absolute Gasteiger partial charge is 0.491 e. The van der Waals surface area contributed by atoms with Gasteiger partial charge >= 0.3 is 0 Å². The highest BCUT2D eigenvalue weighted by Crippen LogP contribution is 2.18. The number of hydrogen-bond acceptors (Lipinski definition) is 3. The van der Waals surface area contributed by atoms with Gasteiger partial charge in [0.15, 0.2) is 0 Å². The Morgan fingerprint density at radius 1 is 1.50 bits per heavy atom. The minimum Gasteiger partial charge on any atom is -0.491 e. The second-order valence-electron chi connectivity index (χ2n) is 3.32. The Morgan fingerprint density at radius 3 is 2.79 bits per heavy atom. The Kier molecular flexibility index (Phi) is 3.49. The predicted molar refractivity (Wildman–Crippen MR) is 55.0 cm³/mol. The molecule has 3 heteroatoms. The second-order valence-corrected chi connectivity index (χ2v) is 3.32. The third-order valence-corrected chi connectivity index (χ3v) is 1.91. The molecule has 74 valence electrons. The fraction of sp³-hybridized carbons (Fsp3) is 0.364. The van der Waals surface area contributed by atoms with Crippen molar-refractivity contribution in [1.82, 2.24) is 0 Å². The highest BCUT2D eigenvalue weighted by molar-refractivity contribution is 5.35. The molecule has 1 atom stereocenters. The van der Waals surface area contributed by atoms with Crippen LogP contribution in [-0.2, 0) is 0 Å². The van der Waals surface area contributed by atoms with Gasteiger partial charge in [0.2, 0.25) is 0 Å². The van der Waals surface area contributed by atoms with E-state index in [1.54, 1.807) is 0 Å². The van der Waals surface area contributed by atoms with E-state index in [0.29, 0.717) is 0 Å². The van der Waals surface area contributed by atoms with E-state index in [9.17, 15) is 0 Å². The lowest BCUT2D eigenvalue weighted by atomic mass is 10.1. The molecule has 1 unspecified atom stereocenters. The average molecular weight is 190 g/mol. The molecule has 14 heavy (non-hydrogen) atoms. The van der Waals surface area contributed by atoms with Gasteiger partial charge in [-0.25, -0.2) is 0 Å². The fourth-order valence-corrected chi connectivity index (χ4v) is 1.18. The van der Waals surface area contributed by atoms with Gasteiger partial charge in [-0.3, -0.25) is 0 Å². The van der Waals surface area contributed by atoms with Crippen molar-refractivity contribution < 1.29 is 4.74 Å². The summed E-state index contributed by atoms with van der Waals surface area (Å²) < 4.78 is 5.40. The maximum Gasteiger partial charge on any atom is 0.127 e. The molecule has 0 fully saturated rings. The van der Waals surface area contributed by atoms with Crippen molar-refractivity contribution in [1.29, 1.82) is 5.26 Å². The fourth-order valence-electron chi connectivity index (χ4n) is 1.18. The van der Waals surface area contributed by atoms with Gasteiger partial charge in [-0.1, -0.05) is 17.7 Å². The summed E-state index contributed by atoms with van der Waals surface area (Å²) in [6.07, 6.45) is 0. The van der Waals surface area contributed by atoms with Gasteiger partial charge in [0.25, 0.3) is 0 Å². The van der Waals surface area contributed by atoms with Crippen LogP contribution in [0.25, 0.3) is 0 Å². The van der Waals surface area contributed by atoms with E-state index in [4.69, 9.17) is 15.7 Å². The van der Waals surface area contributed by atoms with Crippen LogP contribution >= 0.6 is 0 Å². The van der Waals surface area contributed by atoms with E-state index in [2.05, 4.69) is 0 Å². The number of ether oxygens (including phenoxy) is 1. The molecule has 0 aliphatic heterocycles. The van der Waals surface area contributed by atoms with Gasteiger partial charge < -0.3 is 10.5 Å². The van der Waals surface area contributed by atoms with Crippen LogP contribution < -0.4 is 10.5 Å². The van der Waals surface area contributed by atoms with Gasteiger partial charge in [-0.2, -0.15) is 5.26 Å². The number of nitriles is 1. The van der Waals surface area contributed by atoms with Crippen LogP contribution in [0.4, 0.5) is 0 Å². The van der Waals surface area contributed by atoms with Gasteiger partial charge in [0.05, 0.1) is 6.07 Å². The highest BCUT2D eigenvalue weighted by atomic mass is 16.5. The zero-order valence-corrected chi connectivity index (χ0v) is 8.45.